The summed E-state index contributed by atoms with van der Waals surface area (Å²) in [6, 6.07) is 1.49. The summed E-state index contributed by atoms with van der Waals surface area (Å²) in [5.41, 5.74) is 5.50. The lowest BCUT2D eigenvalue weighted by Gasteiger charge is -2.34. The molecule has 3 unspecified atom stereocenters. The van der Waals surface area contributed by atoms with Crippen LogP contribution in [0.15, 0.2) is 23.3 Å². The molecule has 2 bridgehead atoms. The molecule has 3 aliphatic heterocycles. The monoisotopic (exact) mass is 434 g/mol. The van der Waals surface area contributed by atoms with Crippen LogP contribution in [0.25, 0.3) is 16.6 Å². The molecule has 1 aliphatic carbocycles. The number of aromatic nitrogens is 1. The maximum atomic E-state index is 14.7. The highest BCUT2D eigenvalue weighted by atomic mass is 19.1. The van der Waals surface area contributed by atoms with Crippen molar-refractivity contribution in [3.05, 3.63) is 57.1 Å². The standard InChI is InChI=1S/C25H23FN2O4/c1-10-4-5-12-11(2)15(26)7-16-20(12)19(10)21-22(27-16)17-6-13-14(9-32-24(31)23(13)30)18(29)8-25(21,3)28-17/h6-7,10,23,28,30H,4-5,8-9H2,1-3H3. The fourth-order valence-corrected chi connectivity index (χ4v) is 5.91. The number of carbonyl (C=O) groups is 2. The summed E-state index contributed by atoms with van der Waals surface area (Å²) in [6.07, 6.45) is 1.95. The predicted octanol–water partition coefficient (Wildman–Crippen LogP) is 3.08. The van der Waals surface area contributed by atoms with Crippen molar-refractivity contribution in [1.29, 1.82) is 0 Å². The molecule has 32 heavy (non-hydrogen) atoms. The van der Waals surface area contributed by atoms with E-state index < -0.39 is 17.6 Å². The number of nitrogens with one attached hydrogen (secondary N) is 1. The second-order valence-corrected chi connectivity index (χ2v) is 9.60. The number of cyclic esters (lactones) is 1. The van der Waals surface area contributed by atoms with Gasteiger partial charge in [0.15, 0.2) is 11.9 Å². The number of aliphatic hydroxyl groups is 1. The second kappa shape index (κ2) is 6.25. The normalized spacial score (nSPS) is 28.5. The van der Waals surface area contributed by atoms with Gasteiger partial charge in [0, 0.05) is 34.6 Å². The average molecular weight is 434 g/mol. The third-order valence-electron chi connectivity index (χ3n) is 7.55. The number of esters is 1. The molecule has 1 aromatic carbocycles. The van der Waals surface area contributed by atoms with Gasteiger partial charge in [0.2, 0.25) is 0 Å². The second-order valence-electron chi connectivity index (χ2n) is 9.60. The van der Waals surface area contributed by atoms with Crippen molar-refractivity contribution < 1.29 is 23.8 Å². The van der Waals surface area contributed by atoms with Crippen LogP contribution in [-0.4, -0.2) is 34.6 Å². The number of carbonyl (C=O) groups excluding carboxylic acids is 2. The quantitative estimate of drug-likeness (QED) is 0.620. The van der Waals surface area contributed by atoms with Gasteiger partial charge >= 0.3 is 5.97 Å². The Morgan fingerprint density at radius 2 is 2.12 bits per heavy atom. The van der Waals surface area contributed by atoms with E-state index in [9.17, 15) is 19.1 Å². The molecule has 2 N–H and O–H groups in total. The topological polar surface area (TPSA) is 88.5 Å². The van der Waals surface area contributed by atoms with Crippen LogP contribution in [0.4, 0.5) is 4.39 Å². The molecule has 4 heterocycles. The van der Waals surface area contributed by atoms with Gasteiger partial charge < -0.3 is 15.2 Å². The summed E-state index contributed by atoms with van der Waals surface area (Å²) in [6.45, 7) is 5.82. The minimum atomic E-state index is -1.52. The molecule has 164 valence electrons. The third-order valence-corrected chi connectivity index (χ3v) is 7.55. The molecule has 2 aromatic rings. The van der Waals surface area contributed by atoms with Crippen molar-refractivity contribution in [2.45, 2.75) is 57.6 Å². The summed E-state index contributed by atoms with van der Waals surface area (Å²) in [5, 5.41) is 14.9. The molecule has 0 saturated carbocycles. The fraction of sp³-hybridized carbons (Fsp3) is 0.400. The van der Waals surface area contributed by atoms with E-state index in [1.807, 2.05) is 13.8 Å². The molecule has 7 heteroatoms. The number of fused-ring (bicyclic) bond motifs is 6. The van der Waals surface area contributed by atoms with Gasteiger partial charge in [0.1, 0.15) is 12.4 Å². The van der Waals surface area contributed by atoms with Crippen LogP contribution in [0.5, 0.6) is 0 Å². The molecule has 6 rings (SSSR count). The van der Waals surface area contributed by atoms with Gasteiger partial charge in [0.25, 0.3) is 0 Å². The highest BCUT2D eigenvalue weighted by molar-refractivity contribution is 6.03. The Balaban J connectivity index is 1.71. The Bertz CT molecular complexity index is 1340. The van der Waals surface area contributed by atoms with Crippen LogP contribution >= 0.6 is 0 Å². The van der Waals surface area contributed by atoms with Crippen LogP contribution in [-0.2, 0) is 26.3 Å². The summed E-state index contributed by atoms with van der Waals surface area (Å²) in [7, 11) is 0. The number of hydrogen-bond acceptors (Lipinski definition) is 6. The first kappa shape index (κ1) is 19.6. The number of ketones is 1. The lowest BCUT2D eigenvalue weighted by molar-refractivity contribution is -0.152. The van der Waals surface area contributed by atoms with Crippen LogP contribution in [0.1, 0.15) is 60.6 Å². The molecule has 4 aliphatic rings. The first-order valence-corrected chi connectivity index (χ1v) is 11.0. The first-order valence-electron chi connectivity index (χ1n) is 11.0. The van der Waals surface area contributed by atoms with E-state index >= 15 is 0 Å². The van der Waals surface area contributed by atoms with Crippen LogP contribution in [0.3, 0.4) is 0 Å². The molecule has 0 amide bonds. The molecule has 0 spiro atoms. The Kier molecular flexibility index (Phi) is 3.83. The Morgan fingerprint density at radius 1 is 1.34 bits per heavy atom. The Hall–Kier alpha value is -3.06. The molecule has 0 radical (unpaired) electrons. The van der Waals surface area contributed by atoms with Crippen molar-refractivity contribution >= 4 is 28.4 Å². The number of hydrogen-bond donors (Lipinski definition) is 2. The lowest BCUT2D eigenvalue weighted by Crippen LogP contribution is -2.41. The summed E-state index contributed by atoms with van der Waals surface area (Å²) in [4.78, 5) is 30.1. The van der Waals surface area contributed by atoms with Crippen molar-refractivity contribution in [1.82, 2.24) is 10.3 Å². The average Bonchev–Trinajstić information content (AvgIpc) is 3.02. The number of rotatable bonds is 0. The molecule has 3 atom stereocenters. The van der Waals surface area contributed by atoms with E-state index in [-0.39, 0.29) is 36.1 Å². The van der Waals surface area contributed by atoms with E-state index in [1.165, 1.54) is 6.07 Å². The van der Waals surface area contributed by atoms with Gasteiger partial charge in [-0.25, -0.2) is 14.2 Å². The van der Waals surface area contributed by atoms with Gasteiger partial charge in [0.05, 0.1) is 22.4 Å². The zero-order valence-electron chi connectivity index (χ0n) is 18.1. The predicted molar refractivity (Wildman–Crippen MR) is 115 cm³/mol. The number of ether oxygens (including phenoxy) is 1. The zero-order valence-corrected chi connectivity index (χ0v) is 18.1. The van der Waals surface area contributed by atoms with Gasteiger partial charge in [-0.2, -0.15) is 0 Å². The highest BCUT2D eigenvalue weighted by Crippen LogP contribution is 2.50. The molecule has 0 saturated heterocycles. The number of Topliss-reactive ketones (excluding diaryl/α,β-unsaturated/α-hetero) is 1. The first-order chi connectivity index (χ1) is 15.2. The molecule has 0 fully saturated rings. The number of pyridine rings is 1. The maximum Gasteiger partial charge on any atom is 0.340 e. The Labute approximate surface area is 184 Å². The highest BCUT2D eigenvalue weighted by Gasteiger charge is 2.47. The Morgan fingerprint density at radius 3 is 2.91 bits per heavy atom. The van der Waals surface area contributed by atoms with E-state index in [0.717, 1.165) is 34.9 Å². The molecule has 1 aromatic heterocycles. The fourth-order valence-electron chi connectivity index (χ4n) is 5.91. The lowest BCUT2D eigenvalue weighted by atomic mass is 9.74. The third kappa shape index (κ3) is 2.40. The van der Waals surface area contributed by atoms with Crippen molar-refractivity contribution in [3.63, 3.8) is 0 Å². The van der Waals surface area contributed by atoms with Gasteiger partial charge in [-0.15, -0.1) is 0 Å². The van der Waals surface area contributed by atoms with Gasteiger partial charge in [-0.05, 0) is 55.4 Å². The SMILES string of the molecule is Cc1c(F)cc2nc3c(c4c2c1CCC4C)C1(C)CC(=O)C2=C(C=C3N1)C(O)C(=O)OC2. The molecule has 6 nitrogen and oxygen atoms in total. The van der Waals surface area contributed by atoms with Crippen LogP contribution in [0.2, 0.25) is 0 Å². The number of aryl methyl sites for hydroxylation is 1. The largest absolute Gasteiger partial charge is 0.458 e. The summed E-state index contributed by atoms with van der Waals surface area (Å²) in [5.74, 6) is -0.987. The number of nitrogens with zero attached hydrogens (tertiary/aromatic N) is 1. The number of halogens is 1. The van der Waals surface area contributed by atoms with E-state index in [2.05, 4.69) is 12.2 Å². The van der Waals surface area contributed by atoms with Gasteiger partial charge in [-0.3, -0.25) is 4.79 Å². The molecular formula is C25H23FN2O4. The van der Waals surface area contributed by atoms with Crippen LogP contribution in [0, 0.1) is 12.7 Å². The van der Waals surface area contributed by atoms with Crippen LogP contribution < -0.4 is 5.32 Å². The molecular weight excluding hydrogens is 411 g/mol. The van der Waals surface area contributed by atoms with Crippen molar-refractivity contribution in [2.75, 3.05) is 6.61 Å². The summed E-state index contributed by atoms with van der Waals surface area (Å²) < 4.78 is 19.8. The number of benzene rings is 1. The van der Waals surface area contributed by atoms with Gasteiger partial charge in [-0.1, -0.05) is 6.92 Å². The van der Waals surface area contributed by atoms with Crippen molar-refractivity contribution in [3.8, 4) is 0 Å². The maximum absolute atomic E-state index is 14.7. The minimum absolute atomic E-state index is 0.142. The smallest absolute Gasteiger partial charge is 0.340 e. The van der Waals surface area contributed by atoms with Crippen molar-refractivity contribution in [2.24, 2.45) is 0 Å². The zero-order chi connectivity index (χ0) is 22.5. The summed E-state index contributed by atoms with van der Waals surface area (Å²) >= 11 is 0. The van der Waals surface area contributed by atoms with E-state index in [1.54, 1.807) is 6.08 Å². The van der Waals surface area contributed by atoms with E-state index in [0.29, 0.717) is 28.0 Å². The van der Waals surface area contributed by atoms with E-state index in [4.69, 9.17) is 9.72 Å². The number of aliphatic hydroxyl groups excluding tert-OH is 1. The minimum Gasteiger partial charge on any atom is -0.458 e.